The van der Waals surface area contributed by atoms with E-state index in [4.69, 9.17) is 0 Å². The van der Waals surface area contributed by atoms with E-state index >= 15 is 0 Å². The van der Waals surface area contributed by atoms with Gasteiger partial charge in [0.25, 0.3) is 0 Å². The summed E-state index contributed by atoms with van der Waals surface area (Å²) in [7, 11) is 0. The van der Waals surface area contributed by atoms with Crippen LogP contribution in [-0.4, -0.2) is 0 Å². The van der Waals surface area contributed by atoms with Gasteiger partial charge in [-0.1, -0.05) is 60.2 Å². The number of rotatable bonds is 1. The van der Waals surface area contributed by atoms with Crippen LogP contribution >= 0.6 is 0 Å². The van der Waals surface area contributed by atoms with Gasteiger partial charge >= 0.3 is 0 Å². The van der Waals surface area contributed by atoms with Crippen LogP contribution in [0, 0.1) is 0 Å². The summed E-state index contributed by atoms with van der Waals surface area (Å²) >= 11 is 0. The van der Waals surface area contributed by atoms with Gasteiger partial charge in [0.15, 0.2) is 0 Å². The maximum Gasteiger partial charge on any atom is -0.0250 e. The third-order valence-corrected chi connectivity index (χ3v) is 2.62. The first-order valence-electron chi connectivity index (χ1n) is 5.56. The molecular formula is C16H16. The van der Waals surface area contributed by atoms with Crippen molar-refractivity contribution >= 4 is 11.6 Å². The molecule has 0 nitrogen and oxygen atoms in total. The fraction of sp³-hybridized carbons (Fsp3) is 0.125. The van der Waals surface area contributed by atoms with Crippen molar-refractivity contribution in [2.24, 2.45) is 0 Å². The van der Waals surface area contributed by atoms with Crippen LogP contribution in [0.25, 0.3) is 11.6 Å². The van der Waals surface area contributed by atoms with Gasteiger partial charge in [-0.2, -0.15) is 0 Å². The van der Waals surface area contributed by atoms with E-state index in [0.717, 1.165) is 0 Å². The highest BCUT2D eigenvalue weighted by Crippen LogP contribution is 1.98. The molecule has 0 atom stereocenters. The molecular weight excluding hydrogens is 192 g/mol. The lowest BCUT2D eigenvalue weighted by Crippen LogP contribution is -2.08. The Labute approximate surface area is 96.6 Å². The molecule has 0 unspecified atom stereocenters. The van der Waals surface area contributed by atoms with Gasteiger partial charge in [-0.05, 0) is 35.9 Å². The van der Waals surface area contributed by atoms with Gasteiger partial charge in [-0.25, -0.2) is 0 Å². The first-order valence-corrected chi connectivity index (χ1v) is 5.56. The molecule has 80 valence electrons. The molecule has 0 amide bonds. The van der Waals surface area contributed by atoms with E-state index in [2.05, 4.69) is 68.5 Å². The molecule has 0 aromatic heterocycles. The highest BCUT2D eigenvalue weighted by Gasteiger charge is 1.85. The Morgan fingerprint density at radius 1 is 0.812 bits per heavy atom. The lowest BCUT2D eigenvalue weighted by atomic mass is 10.1. The second-order valence-electron chi connectivity index (χ2n) is 4.18. The van der Waals surface area contributed by atoms with Crippen LogP contribution in [0.15, 0.2) is 54.6 Å². The van der Waals surface area contributed by atoms with Crippen molar-refractivity contribution in [2.45, 2.75) is 13.8 Å². The molecule has 2 rings (SSSR count). The topological polar surface area (TPSA) is 0 Å². The zero-order chi connectivity index (χ0) is 11.4. The highest BCUT2D eigenvalue weighted by atomic mass is 13.9. The fourth-order valence-electron chi connectivity index (χ4n) is 1.65. The van der Waals surface area contributed by atoms with Crippen molar-refractivity contribution < 1.29 is 0 Å². The zero-order valence-electron chi connectivity index (χ0n) is 9.77. The summed E-state index contributed by atoms with van der Waals surface area (Å²) in [6, 6.07) is 19.1. The lowest BCUT2D eigenvalue weighted by Gasteiger charge is -1.93. The van der Waals surface area contributed by atoms with E-state index in [1.807, 2.05) is 6.07 Å². The molecule has 0 heterocycles. The molecule has 0 N–H and O–H groups in total. The van der Waals surface area contributed by atoms with E-state index in [-0.39, 0.29) is 0 Å². The largest absolute Gasteiger partial charge is 0.0692 e. The summed E-state index contributed by atoms with van der Waals surface area (Å²) in [4.78, 5) is 0. The van der Waals surface area contributed by atoms with E-state index in [1.54, 1.807) is 0 Å². The predicted octanol–water partition coefficient (Wildman–Crippen LogP) is 2.71. The molecule has 0 aliphatic heterocycles. The van der Waals surface area contributed by atoms with Crippen molar-refractivity contribution in [1.82, 2.24) is 0 Å². The van der Waals surface area contributed by atoms with Gasteiger partial charge in [-0.3, -0.25) is 0 Å². The quantitative estimate of drug-likeness (QED) is 0.676. The van der Waals surface area contributed by atoms with Crippen molar-refractivity contribution in [3.05, 3.63) is 70.6 Å². The normalized spacial score (nSPS) is 9.88. The van der Waals surface area contributed by atoms with Crippen molar-refractivity contribution in [1.29, 1.82) is 0 Å². The number of benzene rings is 2. The minimum Gasteiger partial charge on any atom is -0.0692 e. The van der Waals surface area contributed by atoms with E-state index in [0.29, 0.717) is 0 Å². The molecule has 2 aromatic carbocycles. The monoisotopic (exact) mass is 208 g/mol. The van der Waals surface area contributed by atoms with Crippen LogP contribution in [0.5, 0.6) is 0 Å². The molecule has 0 saturated heterocycles. The Kier molecular flexibility index (Phi) is 3.21. The van der Waals surface area contributed by atoms with Gasteiger partial charge in [0.1, 0.15) is 0 Å². The molecule has 0 radical (unpaired) electrons. The third kappa shape index (κ3) is 2.60. The van der Waals surface area contributed by atoms with Crippen LogP contribution in [-0.2, 0) is 0 Å². The Bertz CT molecular complexity index is 550. The molecule has 0 fully saturated rings. The Balaban J connectivity index is 2.44. The minimum atomic E-state index is 1.24. The van der Waals surface area contributed by atoms with Crippen LogP contribution in [0.1, 0.15) is 19.4 Å². The predicted molar refractivity (Wildman–Crippen MR) is 70.5 cm³/mol. The molecule has 16 heavy (non-hydrogen) atoms. The van der Waals surface area contributed by atoms with Gasteiger partial charge in [0.2, 0.25) is 0 Å². The fourth-order valence-corrected chi connectivity index (χ4v) is 1.65. The standard InChI is InChI=1S/C16H16/c1-13(2)16-10-8-15(9-11-16)12-14-6-4-3-5-7-14/h3-12H,1-2H3. The van der Waals surface area contributed by atoms with Crippen molar-refractivity contribution in [3.63, 3.8) is 0 Å². The van der Waals surface area contributed by atoms with Crippen LogP contribution < -0.4 is 10.4 Å². The summed E-state index contributed by atoms with van der Waals surface area (Å²) in [6.45, 7) is 4.27. The SMILES string of the molecule is CC(C)=c1ccc(=Cc2ccccc2)cc1. The average molecular weight is 208 g/mol. The second kappa shape index (κ2) is 4.80. The van der Waals surface area contributed by atoms with Crippen LogP contribution in [0.3, 0.4) is 0 Å². The minimum absolute atomic E-state index is 1.24. The van der Waals surface area contributed by atoms with Gasteiger partial charge in [0, 0.05) is 0 Å². The summed E-state index contributed by atoms with van der Waals surface area (Å²) < 4.78 is 0. The Morgan fingerprint density at radius 3 is 2.00 bits per heavy atom. The van der Waals surface area contributed by atoms with E-state index in [9.17, 15) is 0 Å². The van der Waals surface area contributed by atoms with Gasteiger partial charge in [0.05, 0.1) is 0 Å². The summed E-state index contributed by atoms with van der Waals surface area (Å²) in [5.74, 6) is 0. The van der Waals surface area contributed by atoms with E-state index < -0.39 is 0 Å². The molecule has 0 aliphatic carbocycles. The maximum atomic E-state index is 2.19. The molecule has 0 bridgehead atoms. The molecule has 0 saturated carbocycles. The molecule has 0 heteroatoms. The lowest BCUT2D eigenvalue weighted by molar-refractivity contribution is 1.46. The van der Waals surface area contributed by atoms with Crippen molar-refractivity contribution in [2.75, 3.05) is 0 Å². The number of hydrogen-bond acceptors (Lipinski definition) is 0. The Hall–Kier alpha value is -1.82. The van der Waals surface area contributed by atoms with Crippen LogP contribution in [0.4, 0.5) is 0 Å². The highest BCUT2D eigenvalue weighted by molar-refractivity contribution is 5.49. The smallest absolute Gasteiger partial charge is 0.0250 e. The first kappa shape index (κ1) is 10.7. The zero-order valence-corrected chi connectivity index (χ0v) is 9.77. The van der Waals surface area contributed by atoms with Crippen molar-refractivity contribution in [3.8, 4) is 0 Å². The summed E-state index contributed by atoms with van der Waals surface area (Å²) in [5.41, 5.74) is 2.60. The maximum absolute atomic E-state index is 2.19. The van der Waals surface area contributed by atoms with Crippen LogP contribution in [0.2, 0.25) is 0 Å². The molecule has 2 aromatic rings. The van der Waals surface area contributed by atoms with E-state index in [1.165, 1.54) is 21.6 Å². The summed E-state index contributed by atoms with van der Waals surface area (Å²) in [5, 5.41) is 2.56. The number of hydrogen-bond donors (Lipinski definition) is 0. The van der Waals surface area contributed by atoms with Gasteiger partial charge in [-0.15, -0.1) is 0 Å². The average Bonchev–Trinajstić information content (AvgIpc) is 2.31. The molecule has 0 aliphatic rings. The third-order valence-electron chi connectivity index (χ3n) is 2.62. The molecule has 0 spiro atoms. The second-order valence-corrected chi connectivity index (χ2v) is 4.18. The summed E-state index contributed by atoms with van der Waals surface area (Å²) in [6.07, 6.45) is 2.19. The first-order chi connectivity index (χ1) is 7.75. The Morgan fingerprint density at radius 2 is 1.44 bits per heavy atom. The van der Waals surface area contributed by atoms with Gasteiger partial charge < -0.3 is 0 Å².